The quantitative estimate of drug-likeness (QED) is 0.839. The Labute approximate surface area is 144 Å². The Morgan fingerprint density at radius 2 is 2.08 bits per heavy atom. The molecule has 1 amide bonds. The van der Waals surface area contributed by atoms with E-state index in [1.165, 1.54) is 18.2 Å². The average molecular weight is 345 g/mol. The summed E-state index contributed by atoms with van der Waals surface area (Å²) in [4.78, 5) is 23.8. The lowest BCUT2D eigenvalue weighted by atomic mass is 9.72. The molecule has 1 fully saturated rings. The second kappa shape index (κ2) is 6.70. The van der Waals surface area contributed by atoms with Gasteiger partial charge in [0.05, 0.1) is 0 Å². The van der Waals surface area contributed by atoms with Crippen molar-refractivity contribution in [3.05, 3.63) is 58.8 Å². The standard InChI is InChI=1S/C19H20FNO4/c1-2-15-14(18(23)24)10-16(25-15)17(22)21-19(7-4-8-19)11-12-5-3-6-13(20)9-12/h3,5-6,9-10H,2,4,7-8,11H2,1H3,(H,21,22)(H,23,24). The van der Waals surface area contributed by atoms with Gasteiger partial charge in [0.2, 0.25) is 0 Å². The molecule has 0 bridgehead atoms. The molecule has 0 spiro atoms. The summed E-state index contributed by atoms with van der Waals surface area (Å²) in [5.74, 6) is -1.57. The van der Waals surface area contributed by atoms with E-state index in [1.807, 2.05) is 6.07 Å². The highest BCUT2D eigenvalue weighted by molar-refractivity contribution is 5.96. The van der Waals surface area contributed by atoms with E-state index < -0.39 is 17.4 Å². The molecule has 132 valence electrons. The van der Waals surface area contributed by atoms with Gasteiger partial charge in [0.25, 0.3) is 5.91 Å². The van der Waals surface area contributed by atoms with Crippen molar-refractivity contribution in [3.63, 3.8) is 0 Å². The van der Waals surface area contributed by atoms with Crippen LogP contribution in [0.2, 0.25) is 0 Å². The fraction of sp³-hybridized carbons (Fsp3) is 0.368. The van der Waals surface area contributed by atoms with Crippen molar-refractivity contribution in [2.24, 2.45) is 0 Å². The Hall–Kier alpha value is -2.63. The summed E-state index contributed by atoms with van der Waals surface area (Å²) in [5, 5.41) is 12.1. The molecule has 3 rings (SSSR count). The number of nitrogens with one attached hydrogen (secondary N) is 1. The number of furan rings is 1. The molecule has 1 aromatic heterocycles. The maximum Gasteiger partial charge on any atom is 0.339 e. The molecule has 1 heterocycles. The molecule has 0 saturated heterocycles. The molecule has 6 heteroatoms. The minimum Gasteiger partial charge on any atom is -0.478 e. The van der Waals surface area contributed by atoms with Gasteiger partial charge in [-0.2, -0.15) is 0 Å². The molecule has 1 saturated carbocycles. The number of hydrogen-bond acceptors (Lipinski definition) is 3. The van der Waals surface area contributed by atoms with E-state index >= 15 is 0 Å². The molecule has 2 aromatic rings. The second-order valence-electron chi connectivity index (χ2n) is 6.50. The number of aryl methyl sites for hydroxylation is 1. The third-order valence-electron chi connectivity index (χ3n) is 4.71. The maximum absolute atomic E-state index is 13.4. The van der Waals surface area contributed by atoms with Crippen LogP contribution in [0.25, 0.3) is 0 Å². The second-order valence-corrected chi connectivity index (χ2v) is 6.50. The summed E-state index contributed by atoms with van der Waals surface area (Å²) in [6.07, 6.45) is 3.49. The molecule has 5 nitrogen and oxygen atoms in total. The molecule has 0 atom stereocenters. The van der Waals surface area contributed by atoms with Crippen molar-refractivity contribution in [3.8, 4) is 0 Å². The Kier molecular flexibility index (Phi) is 4.61. The zero-order valence-corrected chi connectivity index (χ0v) is 14.0. The predicted octanol–water partition coefficient (Wildman–Crippen LogP) is 3.57. The summed E-state index contributed by atoms with van der Waals surface area (Å²) in [5.41, 5.74) is 0.397. The largest absolute Gasteiger partial charge is 0.478 e. The number of rotatable bonds is 6. The van der Waals surface area contributed by atoms with Crippen molar-refractivity contribution >= 4 is 11.9 Å². The summed E-state index contributed by atoms with van der Waals surface area (Å²) in [6, 6.07) is 7.61. The van der Waals surface area contributed by atoms with E-state index in [2.05, 4.69) is 5.32 Å². The smallest absolute Gasteiger partial charge is 0.339 e. The summed E-state index contributed by atoms with van der Waals surface area (Å²) >= 11 is 0. The molecular weight excluding hydrogens is 325 g/mol. The van der Waals surface area contributed by atoms with E-state index in [0.717, 1.165) is 24.8 Å². The Balaban J connectivity index is 1.77. The molecule has 1 aliphatic carbocycles. The van der Waals surface area contributed by atoms with Crippen LogP contribution in [-0.2, 0) is 12.8 Å². The van der Waals surface area contributed by atoms with Gasteiger partial charge in [-0.15, -0.1) is 0 Å². The molecule has 25 heavy (non-hydrogen) atoms. The zero-order valence-electron chi connectivity index (χ0n) is 14.0. The minimum atomic E-state index is -1.11. The fourth-order valence-electron chi connectivity index (χ4n) is 3.27. The van der Waals surface area contributed by atoms with Crippen LogP contribution in [-0.4, -0.2) is 22.5 Å². The molecule has 0 radical (unpaired) electrons. The molecule has 1 aliphatic rings. The van der Waals surface area contributed by atoms with Crippen LogP contribution in [0.15, 0.2) is 34.7 Å². The van der Waals surface area contributed by atoms with Crippen molar-refractivity contribution in [1.29, 1.82) is 0 Å². The summed E-state index contributed by atoms with van der Waals surface area (Å²) in [6.45, 7) is 1.77. The number of halogens is 1. The van der Waals surface area contributed by atoms with Gasteiger partial charge in [0, 0.05) is 18.0 Å². The Morgan fingerprint density at radius 3 is 2.60 bits per heavy atom. The van der Waals surface area contributed by atoms with E-state index in [0.29, 0.717) is 12.8 Å². The van der Waals surface area contributed by atoms with Crippen LogP contribution in [0.3, 0.4) is 0 Å². The van der Waals surface area contributed by atoms with Crippen LogP contribution in [0, 0.1) is 5.82 Å². The first kappa shape index (κ1) is 17.2. The lowest BCUT2D eigenvalue weighted by Crippen LogP contribution is -2.55. The number of carboxylic acid groups (broad SMARTS) is 1. The Bertz CT molecular complexity index is 808. The fourth-order valence-corrected chi connectivity index (χ4v) is 3.27. The maximum atomic E-state index is 13.4. The topological polar surface area (TPSA) is 79.5 Å². The minimum absolute atomic E-state index is 0.000216. The first-order valence-electron chi connectivity index (χ1n) is 8.35. The van der Waals surface area contributed by atoms with Crippen molar-refractivity contribution in [2.45, 2.75) is 44.6 Å². The first-order chi connectivity index (χ1) is 11.9. The first-order valence-corrected chi connectivity index (χ1v) is 8.35. The highest BCUT2D eigenvalue weighted by Gasteiger charge is 2.39. The van der Waals surface area contributed by atoms with Gasteiger partial charge in [-0.25, -0.2) is 9.18 Å². The monoisotopic (exact) mass is 345 g/mol. The van der Waals surface area contributed by atoms with Crippen LogP contribution < -0.4 is 5.32 Å². The van der Waals surface area contributed by atoms with Gasteiger partial charge in [0.15, 0.2) is 5.76 Å². The van der Waals surface area contributed by atoms with Crippen molar-refractivity contribution in [1.82, 2.24) is 5.32 Å². The van der Waals surface area contributed by atoms with E-state index in [9.17, 15) is 19.1 Å². The number of amides is 1. The number of carbonyl (C=O) groups excluding carboxylic acids is 1. The highest BCUT2D eigenvalue weighted by atomic mass is 19.1. The van der Waals surface area contributed by atoms with Gasteiger partial charge in [0.1, 0.15) is 17.1 Å². The van der Waals surface area contributed by atoms with Crippen LogP contribution in [0.1, 0.15) is 58.4 Å². The van der Waals surface area contributed by atoms with E-state index in [-0.39, 0.29) is 22.9 Å². The molecule has 0 unspecified atom stereocenters. The lowest BCUT2D eigenvalue weighted by Gasteiger charge is -2.42. The van der Waals surface area contributed by atoms with Gasteiger partial charge >= 0.3 is 5.97 Å². The lowest BCUT2D eigenvalue weighted by molar-refractivity contribution is 0.0693. The number of carboxylic acids is 1. The highest BCUT2D eigenvalue weighted by Crippen LogP contribution is 2.35. The Morgan fingerprint density at radius 1 is 1.32 bits per heavy atom. The predicted molar refractivity (Wildman–Crippen MR) is 89.2 cm³/mol. The van der Waals surface area contributed by atoms with Crippen LogP contribution in [0.4, 0.5) is 4.39 Å². The normalized spacial score (nSPS) is 15.4. The zero-order chi connectivity index (χ0) is 18.0. The molecular formula is C19H20FNO4. The van der Waals surface area contributed by atoms with Crippen molar-refractivity contribution < 1.29 is 23.5 Å². The molecule has 2 N–H and O–H groups in total. The summed E-state index contributed by atoms with van der Waals surface area (Å²) < 4.78 is 18.8. The van der Waals surface area contributed by atoms with Gasteiger partial charge in [-0.05, 0) is 43.4 Å². The van der Waals surface area contributed by atoms with E-state index in [4.69, 9.17) is 4.42 Å². The third-order valence-corrected chi connectivity index (χ3v) is 4.71. The number of carbonyl (C=O) groups is 2. The number of hydrogen-bond donors (Lipinski definition) is 2. The molecule has 0 aliphatic heterocycles. The van der Waals surface area contributed by atoms with Crippen LogP contribution in [0.5, 0.6) is 0 Å². The third kappa shape index (κ3) is 3.57. The number of aromatic carboxylic acids is 1. The average Bonchev–Trinajstić information content (AvgIpc) is 2.97. The van der Waals surface area contributed by atoms with Crippen LogP contribution >= 0.6 is 0 Å². The SMILES string of the molecule is CCc1oc(C(=O)NC2(Cc3cccc(F)c3)CCC2)cc1C(=O)O. The van der Waals surface area contributed by atoms with Crippen molar-refractivity contribution in [2.75, 3.05) is 0 Å². The van der Waals surface area contributed by atoms with E-state index in [1.54, 1.807) is 13.0 Å². The number of benzene rings is 1. The molecule has 1 aromatic carbocycles. The summed E-state index contributed by atoms with van der Waals surface area (Å²) in [7, 11) is 0. The van der Waals surface area contributed by atoms with Gasteiger partial charge in [-0.3, -0.25) is 4.79 Å². The van der Waals surface area contributed by atoms with Gasteiger partial charge < -0.3 is 14.8 Å². The van der Waals surface area contributed by atoms with Gasteiger partial charge in [-0.1, -0.05) is 19.1 Å².